The highest BCUT2D eigenvalue weighted by atomic mass is 16.2. The lowest BCUT2D eigenvalue weighted by molar-refractivity contribution is -0.131. The van der Waals surface area contributed by atoms with Crippen molar-refractivity contribution < 1.29 is 9.59 Å². The summed E-state index contributed by atoms with van der Waals surface area (Å²) in [4.78, 5) is 35.0. The van der Waals surface area contributed by atoms with Crippen molar-refractivity contribution >= 4 is 22.8 Å². The van der Waals surface area contributed by atoms with Crippen molar-refractivity contribution in [2.24, 2.45) is 0 Å². The van der Waals surface area contributed by atoms with Gasteiger partial charge in [-0.25, -0.2) is 4.98 Å². The van der Waals surface area contributed by atoms with Crippen LogP contribution in [0.15, 0.2) is 42.5 Å². The van der Waals surface area contributed by atoms with E-state index in [1.807, 2.05) is 55.1 Å². The van der Waals surface area contributed by atoms with Crippen LogP contribution in [0, 0.1) is 13.8 Å². The number of carbonyl (C=O) groups excluding carboxylic acids is 2. The number of nitrogens with one attached hydrogen (secondary N) is 2. The minimum Gasteiger partial charge on any atom is -0.343 e. The van der Waals surface area contributed by atoms with Gasteiger partial charge in [0.05, 0.1) is 23.6 Å². The van der Waals surface area contributed by atoms with Gasteiger partial charge in [-0.2, -0.15) is 0 Å². The van der Waals surface area contributed by atoms with Crippen molar-refractivity contribution in [3.63, 3.8) is 0 Å². The van der Waals surface area contributed by atoms with Gasteiger partial charge >= 0.3 is 0 Å². The number of carbonyl (C=O) groups is 2. The van der Waals surface area contributed by atoms with Gasteiger partial charge in [-0.1, -0.05) is 18.2 Å². The molecule has 28 heavy (non-hydrogen) atoms. The highest BCUT2D eigenvalue weighted by molar-refractivity contribution is 5.96. The molecule has 2 N–H and O–H groups in total. The Hall–Kier alpha value is -3.15. The first-order valence-corrected chi connectivity index (χ1v) is 9.62. The van der Waals surface area contributed by atoms with E-state index in [1.54, 1.807) is 6.07 Å². The van der Waals surface area contributed by atoms with E-state index >= 15 is 0 Å². The Kier molecular flexibility index (Phi) is 4.86. The zero-order chi connectivity index (χ0) is 19.7. The monoisotopic (exact) mass is 376 g/mol. The molecule has 0 aliphatic carbocycles. The lowest BCUT2D eigenvalue weighted by Crippen LogP contribution is -2.40. The fourth-order valence-corrected chi connectivity index (χ4v) is 3.72. The number of rotatable bonds is 4. The predicted molar refractivity (Wildman–Crippen MR) is 108 cm³/mol. The summed E-state index contributed by atoms with van der Waals surface area (Å²) in [6.07, 6.45) is 1.80. The number of benzene rings is 2. The number of aromatic amines is 1. The van der Waals surface area contributed by atoms with Gasteiger partial charge in [-0.15, -0.1) is 0 Å². The summed E-state index contributed by atoms with van der Waals surface area (Å²) in [6, 6.07) is 13.3. The molecule has 1 fully saturated rings. The number of H-pyrrole nitrogens is 1. The molecular formula is C22H24N4O2. The van der Waals surface area contributed by atoms with Crippen LogP contribution in [0.5, 0.6) is 0 Å². The second kappa shape index (κ2) is 7.46. The smallest absolute Gasteiger partial charge is 0.251 e. The van der Waals surface area contributed by atoms with Crippen LogP contribution in [0.4, 0.5) is 0 Å². The summed E-state index contributed by atoms with van der Waals surface area (Å²) in [5.41, 5.74) is 4.65. The number of aromatic nitrogens is 2. The van der Waals surface area contributed by atoms with Crippen molar-refractivity contribution in [2.75, 3.05) is 13.1 Å². The fourth-order valence-electron chi connectivity index (χ4n) is 3.72. The standard InChI is InChI=1S/C22H24N4O2/c1-14-9-10-16(12-15(14)2)22(28)23-13-20(27)26-11-5-8-19(26)21-24-17-6-3-4-7-18(17)25-21/h3-4,6-7,9-10,12,19H,5,8,11,13H2,1-2H3,(H,23,28)(H,24,25)/t19-/m1/s1. The molecule has 0 unspecified atom stereocenters. The molecule has 6 heteroatoms. The summed E-state index contributed by atoms with van der Waals surface area (Å²) in [5.74, 6) is 0.503. The molecule has 0 bridgehead atoms. The number of aryl methyl sites for hydroxylation is 2. The van der Waals surface area contributed by atoms with E-state index in [-0.39, 0.29) is 24.4 Å². The van der Waals surface area contributed by atoms with E-state index in [4.69, 9.17) is 0 Å². The Morgan fingerprint density at radius 2 is 2.00 bits per heavy atom. The molecule has 1 aliphatic rings. The number of hydrogen-bond donors (Lipinski definition) is 2. The summed E-state index contributed by atoms with van der Waals surface area (Å²) in [6.45, 7) is 4.65. The Morgan fingerprint density at radius 1 is 1.18 bits per heavy atom. The quantitative estimate of drug-likeness (QED) is 0.734. The van der Waals surface area contributed by atoms with E-state index in [0.29, 0.717) is 12.1 Å². The maximum atomic E-state index is 12.8. The third-order valence-corrected chi connectivity index (χ3v) is 5.47. The van der Waals surface area contributed by atoms with Crippen LogP contribution in [0.3, 0.4) is 0 Å². The van der Waals surface area contributed by atoms with Crippen LogP contribution in [-0.4, -0.2) is 39.8 Å². The third-order valence-electron chi connectivity index (χ3n) is 5.47. The predicted octanol–water partition coefficient (Wildman–Crippen LogP) is 3.27. The van der Waals surface area contributed by atoms with Gasteiger partial charge in [0.15, 0.2) is 0 Å². The highest BCUT2D eigenvalue weighted by Gasteiger charge is 2.32. The molecule has 4 rings (SSSR count). The number of para-hydroxylation sites is 2. The lowest BCUT2D eigenvalue weighted by atomic mass is 10.1. The average molecular weight is 376 g/mol. The average Bonchev–Trinajstić information content (AvgIpc) is 3.34. The first-order chi connectivity index (χ1) is 13.5. The molecule has 2 heterocycles. The molecule has 144 valence electrons. The molecule has 1 atom stereocenters. The van der Waals surface area contributed by atoms with Crippen LogP contribution >= 0.6 is 0 Å². The van der Waals surface area contributed by atoms with Crippen LogP contribution in [-0.2, 0) is 4.79 Å². The van der Waals surface area contributed by atoms with E-state index in [1.165, 1.54) is 0 Å². The maximum absolute atomic E-state index is 12.8. The van der Waals surface area contributed by atoms with E-state index < -0.39 is 0 Å². The summed E-state index contributed by atoms with van der Waals surface area (Å²) in [7, 11) is 0. The molecular weight excluding hydrogens is 352 g/mol. The minimum atomic E-state index is -0.226. The number of likely N-dealkylation sites (tertiary alicyclic amines) is 1. The number of amides is 2. The molecule has 3 aromatic rings. The summed E-state index contributed by atoms with van der Waals surface area (Å²) >= 11 is 0. The van der Waals surface area contributed by atoms with Crippen molar-refractivity contribution in [1.29, 1.82) is 0 Å². The Labute approximate surface area is 164 Å². The van der Waals surface area contributed by atoms with Crippen LogP contribution < -0.4 is 5.32 Å². The summed E-state index contributed by atoms with van der Waals surface area (Å²) < 4.78 is 0. The molecule has 2 amide bonds. The first kappa shape index (κ1) is 18.2. The van der Waals surface area contributed by atoms with Gasteiger partial charge in [-0.05, 0) is 62.1 Å². The SMILES string of the molecule is Cc1ccc(C(=O)NCC(=O)N2CCC[C@@H]2c2nc3ccccc3[nH]2)cc1C. The molecule has 0 spiro atoms. The molecule has 6 nitrogen and oxygen atoms in total. The largest absolute Gasteiger partial charge is 0.343 e. The topological polar surface area (TPSA) is 78.1 Å². The maximum Gasteiger partial charge on any atom is 0.251 e. The molecule has 0 radical (unpaired) electrons. The van der Waals surface area contributed by atoms with Gasteiger partial charge in [0, 0.05) is 12.1 Å². The fraction of sp³-hybridized carbons (Fsp3) is 0.318. The van der Waals surface area contributed by atoms with E-state index in [9.17, 15) is 9.59 Å². The lowest BCUT2D eigenvalue weighted by Gasteiger charge is -2.23. The molecule has 1 saturated heterocycles. The third kappa shape index (κ3) is 3.50. The zero-order valence-electron chi connectivity index (χ0n) is 16.2. The molecule has 1 aromatic heterocycles. The number of hydrogen-bond acceptors (Lipinski definition) is 3. The van der Waals surface area contributed by atoms with Crippen molar-refractivity contribution in [3.05, 3.63) is 65.0 Å². The highest BCUT2D eigenvalue weighted by Crippen LogP contribution is 2.31. The molecule has 0 saturated carbocycles. The second-order valence-corrected chi connectivity index (χ2v) is 7.37. The summed E-state index contributed by atoms with van der Waals surface area (Å²) in [5, 5.41) is 2.76. The Morgan fingerprint density at radius 3 is 2.79 bits per heavy atom. The van der Waals surface area contributed by atoms with Crippen molar-refractivity contribution in [1.82, 2.24) is 20.2 Å². The van der Waals surface area contributed by atoms with E-state index in [2.05, 4.69) is 15.3 Å². The van der Waals surface area contributed by atoms with Gasteiger partial charge in [0.1, 0.15) is 5.82 Å². The van der Waals surface area contributed by atoms with Crippen LogP contribution in [0.2, 0.25) is 0 Å². The Balaban J connectivity index is 1.43. The van der Waals surface area contributed by atoms with Gasteiger partial charge in [-0.3, -0.25) is 9.59 Å². The van der Waals surface area contributed by atoms with Crippen molar-refractivity contribution in [3.8, 4) is 0 Å². The second-order valence-electron chi connectivity index (χ2n) is 7.37. The van der Waals surface area contributed by atoms with Crippen LogP contribution in [0.1, 0.15) is 46.2 Å². The first-order valence-electron chi connectivity index (χ1n) is 9.62. The van der Waals surface area contributed by atoms with Gasteiger partial charge in [0.2, 0.25) is 5.91 Å². The number of nitrogens with zero attached hydrogens (tertiary/aromatic N) is 2. The van der Waals surface area contributed by atoms with Gasteiger partial charge < -0.3 is 15.2 Å². The molecule has 2 aromatic carbocycles. The van der Waals surface area contributed by atoms with E-state index in [0.717, 1.165) is 40.8 Å². The number of imidazole rings is 1. The molecule has 1 aliphatic heterocycles. The van der Waals surface area contributed by atoms with Crippen LogP contribution in [0.25, 0.3) is 11.0 Å². The Bertz CT molecular complexity index is 1010. The minimum absolute atomic E-state index is 0.0114. The zero-order valence-corrected chi connectivity index (χ0v) is 16.2. The number of fused-ring (bicyclic) bond motifs is 1. The normalized spacial score (nSPS) is 16.5. The van der Waals surface area contributed by atoms with Gasteiger partial charge in [0.25, 0.3) is 5.91 Å². The van der Waals surface area contributed by atoms with Crippen molar-refractivity contribution in [2.45, 2.75) is 32.7 Å².